The van der Waals surface area contributed by atoms with Gasteiger partial charge < -0.3 is 4.90 Å². The van der Waals surface area contributed by atoms with Gasteiger partial charge >= 0.3 is 0 Å². The van der Waals surface area contributed by atoms with Crippen LogP contribution in [-0.4, -0.2) is 73.7 Å². The molecule has 4 rings (SSSR count). The van der Waals surface area contributed by atoms with Crippen molar-refractivity contribution in [1.29, 1.82) is 0 Å². The fraction of sp³-hybridized carbons (Fsp3) is 0.333. The Morgan fingerprint density at radius 3 is 2.28 bits per heavy atom. The Hall–Kier alpha value is -2.76. The second-order valence-electron chi connectivity index (χ2n) is 7.71. The molecule has 1 amide bonds. The van der Waals surface area contributed by atoms with E-state index in [-0.39, 0.29) is 54.1 Å². The third kappa shape index (κ3) is 4.54. The molecule has 0 N–H and O–H groups in total. The van der Waals surface area contributed by atoms with E-state index >= 15 is 0 Å². The molecule has 1 fully saturated rings. The molecule has 0 bridgehead atoms. The van der Waals surface area contributed by atoms with Crippen LogP contribution in [-0.2, 0) is 31.7 Å². The van der Waals surface area contributed by atoms with E-state index in [1.54, 1.807) is 25.2 Å². The molecule has 1 aliphatic rings. The van der Waals surface area contributed by atoms with E-state index < -0.39 is 19.9 Å². The Kier molecular flexibility index (Phi) is 6.06. The number of sulfone groups is 1. The first-order valence-corrected chi connectivity index (χ1v) is 13.2. The van der Waals surface area contributed by atoms with Crippen LogP contribution >= 0.6 is 0 Å². The van der Waals surface area contributed by atoms with Gasteiger partial charge in [0, 0.05) is 45.8 Å². The standard InChI is InChI=1S/C21H24N4O5S2/c1-23-16-20(15-22-23)32(29,30)25-11-9-24(10-12-25)21(26)8-13-31(27,28)19-7-6-17-4-2-3-5-18(17)14-19/h2-7,14-16H,8-13H2,1H3. The molecule has 170 valence electrons. The van der Waals surface area contributed by atoms with Crippen molar-refractivity contribution in [2.75, 3.05) is 31.9 Å². The summed E-state index contributed by atoms with van der Waals surface area (Å²) < 4.78 is 53.6. The number of fused-ring (bicyclic) bond motifs is 1. The van der Waals surface area contributed by atoms with E-state index in [4.69, 9.17) is 0 Å². The summed E-state index contributed by atoms with van der Waals surface area (Å²) >= 11 is 0. The van der Waals surface area contributed by atoms with Gasteiger partial charge in [-0.05, 0) is 22.9 Å². The minimum absolute atomic E-state index is 0.112. The molecule has 0 unspecified atom stereocenters. The summed E-state index contributed by atoms with van der Waals surface area (Å²) in [7, 11) is -5.64. The highest BCUT2D eigenvalue weighted by atomic mass is 32.2. The lowest BCUT2D eigenvalue weighted by Crippen LogP contribution is -2.50. The van der Waals surface area contributed by atoms with E-state index in [1.807, 2.05) is 24.3 Å². The van der Waals surface area contributed by atoms with Crippen molar-refractivity contribution < 1.29 is 21.6 Å². The van der Waals surface area contributed by atoms with Crippen LogP contribution in [0.4, 0.5) is 0 Å². The second kappa shape index (κ2) is 8.64. The number of hydrogen-bond acceptors (Lipinski definition) is 6. The molecular formula is C21H24N4O5S2. The van der Waals surface area contributed by atoms with Crippen LogP contribution in [0.3, 0.4) is 0 Å². The summed E-state index contributed by atoms with van der Waals surface area (Å²) in [5, 5.41) is 5.67. The van der Waals surface area contributed by atoms with Crippen molar-refractivity contribution in [3.05, 3.63) is 54.9 Å². The number of amides is 1. The molecule has 2 heterocycles. The van der Waals surface area contributed by atoms with Gasteiger partial charge in [0.15, 0.2) is 9.84 Å². The molecule has 2 aromatic carbocycles. The van der Waals surface area contributed by atoms with Crippen molar-refractivity contribution in [2.24, 2.45) is 7.05 Å². The van der Waals surface area contributed by atoms with Crippen LogP contribution in [0.5, 0.6) is 0 Å². The van der Waals surface area contributed by atoms with E-state index in [9.17, 15) is 21.6 Å². The van der Waals surface area contributed by atoms with Gasteiger partial charge in [-0.3, -0.25) is 9.48 Å². The number of carbonyl (C=O) groups excluding carboxylic acids is 1. The Bertz CT molecular complexity index is 1360. The number of piperazine rings is 1. The number of aryl methyl sites for hydroxylation is 1. The molecule has 1 saturated heterocycles. The highest BCUT2D eigenvalue weighted by molar-refractivity contribution is 7.91. The average Bonchev–Trinajstić information content (AvgIpc) is 3.24. The molecule has 32 heavy (non-hydrogen) atoms. The smallest absolute Gasteiger partial charge is 0.246 e. The Balaban J connectivity index is 1.35. The van der Waals surface area contributed by atoms with Crippen molar-refractivity contribution in [1.82, 2.24) is 19.0 Å². The number of benzene rings is 2. The third-order valence-corrected chi connectivity index (χ3v) is 9.14. The number of hydrogen-bond donors (Lipinski definition) is 0. The molecule has 0 saturated carbocycles. The highest BCUT2D eigenvalue weighted by Crippen LogP contribution is 2.21. The lowest BCUT2D eigenvalue weighted by atomic mass is 10.1. The summed E-state index contributed by atoms with van der Waals surface area (Å²) in [5.41, 5.74) is 0. The molecule has 1 aromatic heterocycles. The van der Waals surface area contributed by atoms with E-state index in [1.165, 1.54) is 26.3 Å². The maximum atomic E-state index is 12.7. The second-order valence-corrected chi connectivity index (χ2v) is 11.8. The van der Waals surface area contributed by atoms with Crippen LogP contribution in [0.25, 0.3) is 10.8 Å². The monoisotopic (exact) mass is 476 g/mol. The summed E-state index contributed by atoms with van der Waals surface area (Å²) in [6, 6.07) is 12.4. The van der Waals surface area contributed by atoms with Gasteiger partial charge in [-0.15, -0.1) is 0 Å². The molecule has 0 aliphatic carbocycles. The largest absolute Gasteiger partial charge is 0.340 e. The summed E-state index contributed by atoms with van der Waals surface area (Å²) in [6.45, 7) is 0.740. The first kappa shape index (κ1) is 22.4. The van der Waals surface area contributed by atoms with Gasteiger partial charge in [0.05, 0.1) is 16.8 Å². The number of carbonyl (C=O) groups is 1. The average molecular weight is 477 g/mol. The fourth-order valence-corrected chi connectivity index (χ4v) is 6.39. The zero-order valence-electron chi connectivity index (χ0n) is 17.6. The predicted molar refractivity (Wildman–Crippen MR) is 119 cm³/mol. The Morgan fingerprint density at radius 2 is 1.62 bits per heavy atom. The zero-order chi connectivity index (χ0) is 22.9. The molecular weight excluding hydrogens is 452 g/mol. The van der Waals surface area contributed by atoms with Crippen molar-refractivity contribution in [2.45, 2.75) is 16.2 Å². The maximum Gasteiger partial charge on any atom is 0.246 e. The zero-order valence-corrected chi connectivity index (χ0v) is 19.2. The van der Waals surface area contributed by atoms with Crippen LogP contribution in [0.15, 0.2) is 64.6 Å². The minimum Gasteiger partial charge on any atom is -0.340 e. The maximum absolute atomic E-state index is 12.7. The van der Waals surface area contributed by atoms with Gasteiger partial charge in [-0.25, -0.2) is 16.8 Å². The number of aromatic nitrogens is 2. The molecule has 1 aliphatic heterocycles. The van der Waals surface area contributed by atoms with Crippen molar-refractivity contribution >= 4 is 36.5 Å². The van der Waals surface area contributed by atoms with Gasteiger partial charge in [0.25, 0.3) is 0 Å². The van der Waals surface area contributed by atoms with E-state index in [2.05, 4.69) is 5.10 Å². The van der Waals surface area contributed by atoms with Gasteiger partial charge in [-0.2, -0.15) is 9.40 Å². The summed E-state index contributed by atoms with van der Waals surface area (Å²) in [4.78, 5) is 14.4. The topological polar surface area (TPSA) is 110 Å². The first-order valence-electron chi connectivity index (χ1n) is 10.1. The first-order chi connectivity index (χ1) is 15.2. The number of rotatable bonds is 6. The van der Waals surface area contributed by atoms with Crippen LogP contribution < -0.4 is 0 Å². The van der Waals surface area contributed by atoms with E-state index in [0.29, 0.717) is 0 Å². The Morgan fingerprint density at radius 1 is 0.938 bits per heavy atom. The minimum atomic E-state index is -3.66. The Labute approximate surface area is 187 Å². The number of sulfonamides is 1. The molecule has 0 spiro atoms. The molecule has 3 aromatic rings. The molecule has 0 atom stereocenters. The fourth-order valence-electron chi connectivity index (χ4n) is 3.72. The highest BCUT2D eigenvalue weighted by Gasteiger charge is 2.31. The quantitative estimate of drug-likeness (QED) is 0.530. The normalized spacial score (nSPS) is 15.8. The summed E-state index contributed by atoms with van der Waals surface area (Å²) in [5.74, 6) is -0.592. The van der Waals surface area contributed by atoms with Gasteiger partial charge in [0.1, 0.15) is 4.90 Å². The molecule has 9 nitrogen and oxygen atoms in total. The van der Waals surface area contributed by atoms with Gasteiger partial charge in [0.2, 0.25) is 15.9 Å². The van der Waals surface area contributed by atoms with Crippen LogP contribution in [0, 0.1) is 0 Å². The SMILES string of the molecule is Cn1cc(S(=O)(=O)N2CCN(C(=O)CCS(=O)(=O)c3ccc4ccccc4c3)CC2)cn1. The molecule has 0 radical (unpaired) electrons. The third-order valence-electron chi connectivity index (χ3n) is 5.58. The van der Waals surface area contributed by atoms with Crippen molar-refractivity contribution in [3.63, 3.8) is 0 Å². The number of nitrogens with zero attached hydrogens (tertiary/aromatic N) is 4. The van der Waals surface area contributed by atoms with E-state index in [0.717, 1.165) is 10.8 Å². The van der Waals surface area contributed by atoms with Gasteiger partial charge in [-0.1, -0.05) is 30.3 Å². The lowest BCUT2D eigenvalue weighted by molar-refractivity contribution is -0.131. The van der Waals surface area contributed by atoms with Crippen LogP contribution in [0.1, 0.15) is 6.42 Å². The summed E-state index contributed by atoms with van der Waals surface area (Å²) in [6.07, 6.45) is 2.58. The molecule has 11 heteroatoms. The predicted octanol–water partition coefficient (Wildman–Crippen LogP) is 1.27. The lowest BCUT2D eigenvalue weighted by Gasteiger charge is -2.33. The van der Waals surface area contributed by atoms with Crippen molar-refractivity contribution in [3.8, 4) is 0 Å². The van der Waals surface area contributed by atoms with Crippen LogP contribution in [0.2, 0.25) is 0 Å².